The van der Waals surface area contributed by atoms with Gasteiger partial charge in [0.15, 0.2) is 0 Å². The van der Waals surface area contributed by atoms with E-state index >= 15 is 0 Å². The average molecular weight is 155 g/mol. The van der Waals surface area contributed by atoms with Crippen molar-refractivity contribution in [2.24, 2.45) is 0 Å². The van der Waals surface area contributed by atoms with Gasteiger partial charge in [0.2, 0.25) is 0 Å². The summed E-state index contributed by atoms with van der Waals surface area (Å²) in [6.07, 6.45) is 2.12. The van der Waals surface area contributed by atoms with Gasteiger partial charge in [-0.25, -0.2) is 0 Å². The standard InChI is InChI=1S/C7H9NOS/c1-4-10-5-6-7(1)9-3-2-8-6/h1,5,8H,2-4H2. The highest BCUT2D eigenvalue weighted by molar-refractivity contribution is 8.02. The lowest BCUT2D eigenvalue weighted by Gasteiger charge is -2.23. The summed E-state index contributed by atoms with van der Waals surface area (Å²) in [5.41, 5.74) is 1.16. The normalized spacial score (nSPS) is 23.2. The Hall–Kier alpha value is -0.570. The Morgan fingerprint density at radius 1 is 1.60 bits per heavy atom. The molecule has 54 valence electrons. The molecule has 2 heterocycles. The first-order chi connectivity index (χ1) is 4.97. The second-order valence-corrected chi connectivity index (χ2v) is 3.11. The Morgan fingerprint density at radius 2 is 2.60 bits per heavy atom. The number of morpholine rings is 1. The average Bonchev–Trinajstić information content (AvgIpc) is 2.05. The Kier molecular flexibility index (Phi) is 1.59. The van der Waals surface area contributed by atoms with Crippen LogP contribution in [0.25, 0.3) is 0 Å². The third-order valence-electron chi connectivity index (χ3n) is 1.51. The van der Waals surface area contributed by atoms with E-state index in [4.69, 9.17) is 4.74 Å². The van der Waals surface area contributed by atoms with Gasteiger partial charge in [0, 0.05) is 12.3 Å². The molecule has 0 aromatic carbocycles. The molecule has 2 aliphatic rings. The van der Waals surface area contributed by atoms with Crippen molar-refractivity contribution in [1.29, 1.82) is 0 Å². The topological polar surface area (TPSA) is 21.3 Å². The molecule has 0 amide bonds. The molecule has 0 aromatic heterocycles. The molecule has 10 heavy (non-hydrogen) atoms. The lowest BCUT2D eigenvalue weighted by atomic mass is 10.3. The molecule has 2 aliphatic heterocycles. The van der Waals surface area contributed by atoms with Gasteiger partial charge in [-0.1, -0.05) is 0 Å². The van der Waals surface area contributed by atoms with E-state index in [9.17, 15) is 0 Å². The van der Waals surface area contributed by atoms with Gasteiger partial charge in [-0.3, -0.25) is 0 Å². The van der Waals surface area contributed by atoms with E-state index in [0.29, 0.717) is 0 Å². The van der Waals surface area contributed by atoms with Gasteiger partial charge in [-0.15, -0.1) is 11.8 Å². The summed E-state index contributed by atoms with van der Waals surface area (Å²) >= 11 is 1.80. The van der Waals surface area contributed by atoms with E-state index < -0.39 is 0 Å². The molecule has 0 aliphatic carbocycles. The molecule has 0 saturated carbocycles. The molecule has 0 radical (unpaired) electrons. The van der Waals surface area contributed by atoms with Crippen LogP contribution in [-0.4, -0.2) is 18.9 Å². The molecule has 1 N–H and O–H groups in total. The predicted molar refractivity (Wildman–Crippen MR) is 42.6 cm³/mol. The Labute approximate surface area is 64.3 Å². The van der Waals surface area contributed by atoms with E-state index in [-0.39, 0.29) is 0 Å². The Balaban J connectivity index is 2.19. The van der Waals surface area contributed by atoms with Crippen LogP contribution in [0.5, 0.6) is 0 Å². The van der Waals surface area contributed by atoms with Crippen molar-refractivity contribution >= 4 is 11.8 Å². The minimum Gasteiger partial charge on any atom is -0.490 e. The largest absolute Gasteiger partial charge is 0.490 e. The maximum absolute atomic E-state index is 5.40. The number of rotatable bonds is 0. The molecule has 0 atom stereocenters. The minimum absolute atomic E-state index is 0.799. The smallest absolute Gasteiger partial charge is 0.139 e. The van der Waals surface area contributed by atoms with E-state index in [1.807, 2.05) is 0 Å². The molecule has 0 aromatic rings. The van der Waals surface area contributed by atoms with E-state index in [0.717, 1.165) is 30.4 Å². The van der Waals surface area contributed by atoms with Crippen LogP contribution in [0.2, 0.25) is 0 Å². The monoisotopic (exact) mass is 155 g/mol. The first-order valence-corrected chi connectivity index (χ1v) is 4.41. The summed E-state index contributed by atoms with van der Waals surface area (Å²) in [6, 6.07) is 0. The van der Waals surface area contributed by atoms with Crippen LogP contribution in [0.3, 0.4) is 0 Å². The highest BCUT2D eigenvalue weighted by Gasteiger charge is 2.13. The zero-order valence-electron chi connectivity index (χ0n) is 5.59. The first kappa shape index (κ1) is 6.16. The van der Waals surface area contributed by atoms with Crippen LogP contribution in [-0.2, 0) is 4.74 Å². The molecule has 2 rings (SSSR count). The Bertz CT molecular complexity index is 176. The zero-order valence-corrected chi connectivity index (χ0v) is 6.41. The van der Waals surface area contributed by atoms with E-state index in [2.05, 4.69) is 16.8 Å². The van der Waals surface area contributed by atoms with Gasteiger partial charge in [-0.2, -0.15) is 0 Å². The number of nitrogens with one attached hydrogen (secondary N) is 1. The molecular formula is C7H9NOS. The number of hydrogen-bond acceptors (Lipinski definition) is 3. The lowest BCUT2D eigenvalue weighted by molar-refractivity contribution is 0.197. The Morgan fingerprint density at radius 3 is 3.50 bits per heavy atom. The van der Waals surface area contributed by atoms with Gasteiger partial charge < -0.3 is 10.1 Å². The molecule has 1 saturated heterocycles. The molecule has 3 heteroatoms. The fourth-order valence-electron chi connectivity index (χ4n) is 1.04. The zero-order chi connectivity index (χ0) is 6.81. The van der Waals surface area contributed by atoms with Gasteiger partial charge in [0.05, 0.1) is 5.70 Å². The van der Waals surface area contributed by atoms with Crippen LogP contribution in [0.1, 0.15) is 0 Å². The quantitative estimate of drug-likeness (QED) is 0.565. The van der Waals surface area contributed by atoms with Gasteiger partial charge in [0.1, 0.15) is 12.4 Å². The fraction of sp³-hybridized carbons (Fsp3) is 0.429. The highest BCUT2D eigenvalue weighted by atomic mass is 32.2. The predicted octanol–water partition coefficient (Wildman–Crippen LogP) is 1.08. The van der Waals surface area contributed by atoms with Crippen LogP contribution in [0.15, 0.2) is 22.9 Å². The molecule has 1 fully saturated rings. The molecule has 0 spiro atoms. The number of fused-ring (bicyclic) bond motifs is 1. The molecule has 0 unspecified atom stereocenters. The van der Waals surface area contributed by atoms with Crippen molar-refractivity contribution < 1.29 is 4.74 Å². The number of hydrogen-bond donors (Lipinski definition) is 1. The van der Waals surface area contributed by atoms with E-state index in [1.54, 1.807) is 11.8 Å². The third kappa shape index (κ3) is 1.01. The maximum Gasteiger partial charge on any atom is 0.139 e. The summed E-state index contributed by atoms with van der Waals surface area (Å²) in [5, 5.41) is 5.39. The lowest BCUT2D eigenvalue weighted by Crippen LogP contribution is -2.28. The maximum atomic E-state index is 5.40. The highest BCUT2D eigenvalue weighted by Crippen LogP contribution is 2.22. The van der Waals surface area contributed by atoms with Crippen LogP contribution >= 0.6 is 11.8 Å². The van der Waals surface area contributed by atoms with Crippen molar-refractivity contribution in [2.75, 3.05) is 18.9 Å². The summed E-state index contributed by atoms with van der Waals surface area (Å²) in [6.45, 7) is 1.73. The van der Waals surface area contributed by atoms with Crippen LogP contribution in [0.4, 0.5) is 0 Å². The van der Waals surface area contributed by atoms with Gasteiger partial charge >= 0.3 is 0 Å². The minimum atomic E-state index is 0.799. The van der Waals surface area contributed by atoms with Crippen molar-refractivity contribution in [3.05, 3.63) is 22.9 Å². The summed E-state index contributed by atoms with van der Waals surface area (Å²) < 4.78 is 5.40. The summed E-state index contributed by atoms with van der Waals surface area (Å²) in [4.78, 5) is 0. The van der Waals surface area contributed by atoms with Crippen molar-refractivity contribution in [2.45, 2.75) is 0 Å². The van der Waals surface area contributed by atoms with Crippen LogP contribution < -0.4 is 5.32 Å². The third-order valence-corrected chi connectivity index (χ3v) is 2.27. The summed E-state index contributed by atoms with van der Waals surface area (Å²) in [5.74, 6) is 2.07. The first-order valence-electron chi connectivity index (χ1n) is 3.36. The number of ether oxygens (including phenoxy) is 1. The van der Waals surface area contributed by atoms with Crippen molar-refractivity contribution in [1.82, 2.24) is 5.32 Å². The van der Waals surface area contributed by atoms with E-state index in [1.165, 1.54) is 0 Å². The second-order valence-electron chi connectivity index (χ2n) is 2.21. The van der Waals surface area contributed by atoms with Gasteiger partial charge in [0.25, 0.3) is 0 Å². The SMILES string of the molecule is C1=C2NCCOC2=CCS1. The fourth-order valence-corrected chi connectivity index (χ4v) is 1.75. The van der Waals surface area contributed by atoms with Crippen LogP contribution in [0, 0.1) is 0 Å². The summed E-state index contributed by atoms with van der Waals surface area (Å²) in [7, 11) is 0. The molecule has 0 bridgehead atoms. The van der Waals surface area contributed by atoms with Gasteiger partial charge in [-0.05, 0) is 11.5 Å². The van der Waals surface area contributed by atoms with Crippen molar-refractivity contribution in [3.8, 4) is 0 Å². The number of thioether (sulfide) groups is 1. The molecular weight excluding hydrogens is 146 g/mol. The van der Waals surface area contributed by atoms with Crippen molar-refractivity contribution in [3.63, 3.8) is 0 Å². The second kappa shape index (κ2) is 2.58. The molecule has 2 nitrogen and oxygen atoms in total.